The van der Waals surface area contributed by atoms with E-state index in [4.69, 9.17) is 0 Å². The molecule has 0 aliphatic carbocycles. The minimum Gasteiger partial charge on any atom is -0.393 e. The Morgan fingerprint density at radius 3 is 2.36 bits per heavy atom. The fourth-order valence-electron chi connectivity index (χ4n) is 3.96. The number of aliphatic hydroxyl groups is 1. The van der Waals surface area contributed by atoms with Crippen LogP contribution in [0.15, 0.2) is 66.9 Å². The first-order chi connectivity index (χ1) is 13.6. The van der Waals surface area contributed by atoms with E-state index in [1.165, 1.54) is 5.56 Å². The largest absolute Gasteiger partial charge is 0.393 e. The topological polar surface area (TPSA) is 42.2 Å². The van der Waals surface area contributed by atoms with Gasteiger partial charge in [-0.05, 0) is 49.1 Å². The Morgan fingerprint density at radius 2 is 1.61 bits per heavy atom. The molecular weight excluding hydrogens is 346 g/mol. The Hall–Kier alpha value is -2.91. The van der Waals surface area contributed by atoms with Crippen LogP contribution in [0.3, 0.4) is 0 Å². The van der Waals surface area contributed by atoms with Crippen LogP contribution in [0, 0.1) is 6.92 Å². The number of carbonyl (C=O) groups is 1. The molecule has 1 aromatic heterocycles. The second-order valence-corrected chi connectivity index (χ2v) is 7.55. The van der Waals surface area contributed by atoms with Gasteiger partial charge in [0.25, 0.3) is 0 Å². The van der Waals surface area contributed by atoms with Gasteiger partial charge < -0.3 is 9.67 Å². The number of fused-ring (bicyclic) bond motifs is 2. The quantitative estimate of drug-likeness (QED) is 0.455. The van der Waals surface area contributed by atoms with Crippen LogP contribution in [-0.4, -0.2) is 21.6 Å². The molecule has 142 valence electrons. The summed E-state index contributed by atoms with van der Waals surface area (Å²) >= 11 is 0. The van der Waals surface area contributed by atoms with Gasteiger partial charge in [0.1, 0.15) is 0 Å². The predicted octanol–water partition coefficient (Wildman–Crippen LogP) is 5.49. The lowest BCUT2D eigenvalue weighted by atomic mass is 9.95. The van der Waals surface area contributed by atoms with Crippen molar-refractivity contribution >= 4 is 27.5 Å². The van der Waals surface area contributed by atoms with Crippen LogP contribution >= 0.6 is 0 Å². The Balaban J connectivity index is 1.79. The zero-order chi connectivity index (χ0) is 19.7. The number of rotatable bonds is 6. The molecular formula is C25H25NO2. The number of carbonyl (C=O) groups excluding carboxylic acids is 1. The molecule has 0 aliphatic rings. The van der Waals surface area contributed by atoms with Gasteiger partial charge in [-0.1, -0.05) is 54.6 Å². The van der Waals surface area contributed by atoms with Crippen molar-refractivity contribution in [2.24, 2.45) is 0 Å². The maximum atomic E-state index is 13.5. The average molecular weight is 371 g/mol. The van der Waals surface area contributed by atoms with Crippen LogP contribution in [0.5, 0.6) is 0 Å². The normalized spacial score (nSPS) is 12.5. The predicted molar refractivity (Wildman–Crippen MR) is 115 cm³/mol. The van der Waals surface area contributed by atoms with E-state index in [0.29, 0.717) is 0 Å². The smallest absolute Gasteiger partial charge is 0.195 e. The summed E-state index contributed by atoms with van der Waals surface area (Å²) in [6.45, 7) is 4.67. The molecule has 0 amide bonds. The Kier molecular flexibility index (Phi) is 5.01. The van der Waals surface area contributed by atoms with Gasteiger partial charge in [-0.25, -0.2) is 0 Å². The highest BCUT2D eigenvalue weighted by Crippen LogP contribution is 2.28. The van der Waals surface area contributed by atoms with Crippen LogP contribution in [0.1, 0.15) is 41.3 Å². The van der Waals surface area contributed by atoms with E-state index in [1.54, 1.807) is 0 Å². The highest BCUT2D eigenvalue weighted by molar-refractivity contribution is 6.21. The SMILES string of the molecule is Cc1ccc(C(=O)c2cn(CCC[C@H](C)O)c3ccccc23)c2ccccc12. The number of aliphatic hydroxyl groups excluding tert-OH is 1. The van der Waals surface area contributed by atoms with Crippen LogP contribution in [0.25, 0.3) is 21.7 Å². The van der Waals surface area contributed by atoms with Crippen molar-refractivity contribution in [3.05, 3.63) is 83.6 Å². The van der Waals surface area contributed by atoms with Crippen LogP contribution in [-0.2, 0) is 6.54 Å². The molecule has 4 rings (SSSR count). The number of aromatic nitrogens is 1. The number of nitrogens with zero attached hydrogens (tertiary/aromatic N) is 1. The number of hydrogen-bond donors (Lipinski definition) is 1. The van der Waals surface area contributed by atoms with Gasteiger partial charge in [0, 0.05) is 34.8 Å². The fourth-order valence-corrected chi connectivity index (χ4v) is 3.96. The highest BCUT2D eigenvalue weighted by Gasteiger charge is 2.19. The van der Waals surface area contributed by atoms with E-state index in [2.05, 4.69) is 23.6 Å². The number of ketones is 1. The number of aryl methyl sites for hydroxylation is 2. The molecule has 4 aromatic rings. The van der Waals surface area contributed by atoms with Gasteiger partial charge in [-0.15, -0.1) is 0 Å². The van der Waals surface area contributed by atoms with Gasteiger partial charge in [-0.3, -0.25) is 4.79 Å². The third-order valence-corrected chi connectivity index (χ3v) is 5.44. The summed E-state index contributed by atoms with van der Waals surface area (Å²) in [5, 5.41) is 12.6. The summed E-state index contributed by atoms with van der Waals surface area (Å²) in [4.78, 5) is 13.5. The molecule has 0 aliphatic heterocycles. The van der Waals surface area contributed by atoms with Gasteiger partial charge in [0.2, 0.25) is 0 Å². The molecule has 0 radical (unpaired) electrons. The highest BCUT2D eigenvalue weighted by atomic mass is 16.3. The lowest BCUT2D eigenvalue weighted by Gasteiger charge is -2.08. The molecule has 1 N–H and O–H groups in total. The van der Waals surface area contributed by atoms with Crippen LogP contribution in [0.2, 0.25) is 0 Å². The van der Waals surface area contributed by atoms with Crippen molar-refractivity contribution in [1.82, 2.24) is 4.57 Å². The van der Waals surface area contributed by atoms with Gasteiger partial charge in [0.05, 0.1) is 6.10 Å². The molecule has 0 bridgehead atoms. The Morgan fingerprint density at radius 1 is 0.929 bits per heavy atom. The third kappa shape index (κ3) is 3.34. The summed E-state index contributed by atoms with van der Waals surface area (Å²) in [6.07, 6.45) is 3.29. The summed E-state index contributed by atoms with van der Waals surface area (Å²) in [7, 11) is 0. The van der Waals surface area contributed by atoms with E-state index in [-0.39, 0.29) is 11.9 Å². The first-order valence-corrected chi connectivity index (χ1v) is 9.85. The average Bonchev–Trinajstić information content (AvgIpc) is 3.07. The minimum absolute atomic E-state index is 0.0571. The molecule has 1 atom stereocenters. The molecule has 0 fully saturated rings. The van der Waals surface area contributed by atoms with Crippen molar-refractivity contribution in [2.45, 2.75) is 39.3 Å². The van der Waals surface area contributed by atoms with Crippen molar-refractivity contribution in [2.75, 3.05) is 0 Å². The van der Waals surface area contributed by atoms with Gasteiger partial charge in [-0.2, -0.15) is 0 Å². The van der Waals surface area contributed by atoms with E-state index >= 15 is 0 Å². The van der Waals surface area contributed by atoms with Crippen molar-refractivity contribution in [3.8, 4) is 0 Å². The third-order valence-electron chi connectivity index (χ3n) is 5.44. The van der Waals surface area contributed by atoms with Crippen LogP contribution in [0.4, 0.5) is 0 Å². The summed E-state index contributed by atoms with van der Waals surface area (Å²) < 4.78 is 2.14. The maximum Gasteiger partial charge on any atom is 0.195 e. The van der Waals surface area contributed by atoms with Gasteiger partial charge in [0.15, 0.2) is 5.78 Å². The van der Waals surface area contributed by atoms with E-state index in [1.807, 2.05) is 61.7 Å². The zero-order valence-corrected chi connectivity index (χ0v) is 16.4. The monoisotopic (exact) mass is 371 g/mol. The molecule has 3 aromatic carbocycles. The molecule has 3 heteroatoms. The number of hydrogen-bond acceptors (Lipinski definition) is 2. The summed E-state index contributed by atoms with van der Waals surface area (Å²) in [5.74, 6) is 0.0571. The van der Waals surface area contributed by atoms with Crippen LogP contribution < -0.4 is 0 Å². The lowest BCUT2D eigenvalue weighted by Crippen LogP contribution is -2.04. The second kappa shape index (κ2) is 7.61. The fraction of sp³-hybridized carbons (Fsp3) is 0.240. The van der Waals surface area contributed by atoms with E-state index < -0.39 is 0 Å². The molecule has 0 unspecified atom stereocenters. The molecule has 28 heavy (non-hydrogen) atoms. The molecule has 0 saturated heterocycles. The van der Waals surface area contributed by atoms with E-state index in [9.17, 15) is 9.90 Å². The molecule has 0 spiro atoms. The Bertz CT molecular complexity index is 1150. The first-order valence-electron chi connectivity index (χ1n) is 9.85. The number of para-hydroxylation sites is 1. The maximum absolute atomic E-state index is 13.5. The molecule has 0 saturated carbocycles. The van der Waals surface area contributed by atoms with Gasteiger partial charge >= 0.3 is 0 Å². The molecule has 3 nitrogen and oxygen atoms in total. The number of benzene rings is 3. The summed E-state index contributed by atoms with van der Waals surface area (Å²) in [6, 6.07) is 20.1. The van der Waals surface area contributed by atoms with E-state index in [0.717, 1.165) is 52.2 Å². The standard InChI is InChI=1S/C25H25NO2/c1-17-13-14-22(20-10-4-3-9-19(17)20)25(28)23-16-26(15-7-8-18(2)27)24-12-6-5-11-21(23)24/h3-6,9-14,16,18,27H,7-8,15H2,1-2H3/t18-/m0/s1. The summed E-state index contributed by atoms with van der Waals surface area (Å²) in [5.41, 5.74) is 3.72. The minimum atomic E-state index is -0.304. The second-order valence-electron chi connectivity index (χ2n) is 7.55. The molecule has 1 heterocycles. The zero-order valence-electron chi connectivity index (χ0n) is 16.4. The Labute approximate surface area is 165 Å². The first kappa shape index (κ1) is 18.5. The lowest BCUT2D eigenvalue weighted by molar-refractivity contribution is 0.104. The van der Waals surface area contributed by atoms with Crippen molar-refractivity contribution < 1.29 is 9.90 Å². The van der Waals surface area contributed by atoms with Crippen molar-refractivity contribution in [3.63, 3.8) is 0 Å². The van der Waals surface area contributed by atoms with Crippen molar-refractivity contribution in [1.29, 1.82) is 0 Å².